The van der Waals surface area contributed by atoms with Gasteiger partial charge >= 0.3 is 0 Å². The Morgan fingerprint density at radius 3 is 2.58 bits per heavy atom. The van der Waals surface area contributed by atoms with Crippen LogP contribution in [0.2, 0.25) is 0 Å². The fourth-order valence-corrected chi connectivity index (χ4v) is 5.37. The van der Waals surface area contributed by atoms with Gasteiger partial charge in [0.05, 0.1) is 43.3 Å². The van der Waals surface area contributed by atoms with Gasteiger partial charge in [-0.2, -0.15) is 0 Å². The first-order valence-corrected chi connectivity index (χ1v) is 14.8. The largest absolute Gasteiger partial charge is 0.355 e. The number of carbonyl (C=O) groups excluding carboxylic acids is 1. The predicted molar refractivity (Wildman–Crippen MR) is 163 cm³/mol. The first-order chi connectivity index (χ1) is 20.9. The van der Waals surface area contributed by atoms with Crippen LogP contribution in [0.3, 0.4) is 0 Å². The number of nitrogens with zero attached hydrogens (tertiary/aromatic N) is 3. The average Bonchev–Trinajstić information content (AvgIpc) is 3.72. The molecule has 1 fully saturated rings. The summed E-state index contributed by atoms with van der Waals surface area (Å²) in [4.78, 5) is 30.9. The third-order valence-corrected chi connectivity index (χ3v) is 7.94. The molecule has 1 amide bonds. The Balaban J connectivity index is 1.17. The lowest BCUT2D eigenvalue weighted by atomic mass is 9.92. The van der Waals surface area contributed by atoms with Gasteiger partial charge in [-0.25, -0.2) is 19.3 Å². The molecular formula is C32H31FN6O3S. The first-order valence-electron chi connectivity index (χ1n) is 13.9. The van der Waals surface area contributed by atoms with Crippen molar-refractivity contribution in [3.8, 4) is 22.6 Å². The highest BCUT2D eigenvalue weighted by molar-refractivity contribution is 7.09. The number of anilines is 1. The van der Waals surface area contributed by atoms with Crippen LogP contribution in [-0.4, -0.2) is 45.6 Å². The lowest BCUT2D eigenvalue weighted by Crippen LogP contribution is -2.45. The monoisotopic (exact) mass is 598 g/mol. The quantitative estimate of drug-likeness (QED) is 0.187. The van der Waals surface area contributed by atoms with E-state index in [0.29, 0.717) is 67.1 Å². The van der Waals surface area contributed by atoms with Crippen molar-refractivity contribution in [3.05, 3.63) is 106 Å². The summed E-state index contributed by atoms with van der Waals surface area (Å²) in [5, 5.41) is 8.29. The van der Waals surface area contributed by atoms with E-state index in [2.05, 4.69) is 20.6 Å². The maximum Gasteiger partial charge on any atom is 0.224 e. The molecule has 43 heavy (non-hydrogen) atoms. The second-order valence-electron chi connectivity index (χ2n) is 10.8. The normalized spacial score (nSPS) is 18.3. The van der Waals surface area contributed by atoms with Crippen molar-refractivity contribution in [3.63, 3.8) is 0 Å². The summed E-state index contributed by atoms with van der Waals surface area (Å²) in [5.74, 6) is 0.555. The summed E-state index contributed by atoms with van der Waals surface area (Å²) in [5.41, 5.74) is 3.11. The van der Waals surface area contributed by atoms with Crippen molar-refractivity contribution in [1.82, 2.24) is 25.3 Å². The zero-order valence-electron chi connectivity index (χ0n) is 23.5. The van der Waals surface area contributed by atoms with Crippen molar-refractivity contribution in [2.24, 2.45) is 5.41 Å². The molecule has 3 aromatic heterocycles. The molecule has 1 aliphatic heterocycles. The lowest BCUT2D eigenvalue weighted by Gasteiger charge is -2.36. The minimum absolute atomic E-state index is 0.0525. The Labute approximate surface area is 252 Å². The SMILES string of the molecule is CC1(CNC(=O)Cc2ccccc2)COC(c2nc(-c3ccc(F)cc3)c(-c3ccnc(NCc4cccs4)n3)[nH]2)OC1. The Hall–Kier alpha value is -4.45. The van der Waals surface area contributed by atoms with Gasteiger partial charge in [0, 0.05) is 28.6 Å². The maximum atomic E-state index is 13.7. The Bertz CT molecular complexity index is 1650. The van der Waals surface area contributed by atoms with Gasteiger partial charge in [0.2, 0.25) is 18.1 Å². The zero-order valence-corrected chi connectivity index (χ0v) is 24.4. The topological polar surface area (TPSA) is 114 Å². The molecule has 0 aliphatic carbocycles. The maximum absolute atomic E-state index is 13.7. The van der Waals surface area contributed by atoms with Crippen LogP contribution in [0.4, 0.5) is 10.3 Å². The van der Waals surface area contributed by atoms with E-state index in [1.165, 1.54) is 17.0 Å². The number of aromatic nitrogens is 4. The second-order valence-corrected chi connectivity index (χ2v) is 11.8. The summed E-state index contributed by atoms with van der Waals surface area (Å²) < 4.78 is 26.0. The molecule has 6 rings (SSSR count). The number of rotatable bonds is 10. The van der Waals surface area contributed by atoms with Crippen LogP contribution >= 0.6 is 11.3 Å². The minimum atomic E-state index is -0.751. The molecule has 1 saturated heterocycles. The number of aromatic amines is 1. The van der Waals surface area contributed by atoms with Crippen molar-refractivity contribution >= 4 is 23.2 Å². The first kappa shape index (κ1) is 28.7. The van der Waals surface area contributed by atoms with E-state index in [4.69, 9.17) is 19.4 Å². The summed E-state index contributed by atoms with van der Waals surface area (Å²) in [6, 6.07) is 21.6. The van der Waals surface area contributed by atoms with Gasteiger partial charge in [-0.05, 0) is 47.3 Å². The third kappa shape index (κ3) is 7.14. The van der Waals surface area contributed by atoms with E-state index >= 15 is 0 Å². The van der Waals surface area contributed by atoms with Crippen LogP contribution in [0, 0.1) is 11.2 Å². The summed E-state index contributed by atoms with van der Waals surface area (Å²) in [6.07, 6.45) is 1.25. The minimum Gasteiger partial charge on any atom is -0.355 e. The standard InChI is InChI=1S/C32H31FN6O3S/c1-32(18-36-26(40)16-21-6-3-2-4-7-21)19-41-30(42-20-32)29-38-27(22-9-11-23(33)12-10-22)28(39-29)25-13-14-34-31(37-25)35-17-24-8-5-15-43-24/h2-15,30H,16-20H2,1H3,(H,36,40)(H,38,39)(H,34,35,37). The van der Waals surface area contributed by atoms with Gasteiger partial charge < -0.3 is 25.1 Å². The molecule has 2 aromatic carbocycles. The number of H-pyrrole nitrogens is 1. The smallest absolute Gasteiger partial charge is 0.224 e. The van der Waals surface area contributed by atoms with Gasteiger partial charge in [-0.1, -0.05) is 43.3 Å². The van der Waals surface area contributed by atoms with Crippen molar-refractivity contribution < 1.29 is 18.7 Å². The van der Waals surface area contributed by atoms with Gasteiger partial charge in [0.1, 0.15) is 5.82 Å². The lowest BCUT2D eigenvalue weighted by molar-refractivity contribution is -0.232. The third-order valence-electron chi connectivity index (χ3n) is 7.06. The number of hydrogen-bond donors (Lipinski definition) is 3. The number of ether oxygens (including phenoxy) is 2. The number of hydrogen-bond acceptors (Lipinski definition) is 8. The number of thiophene rings is 1. The Morgan fingerprint density at radius 1 is 1.05 bits per heavy atom. The number of nitrogens with one attached hydrogen (secondary N) is 3. The molecule has 11 heteroatoms. The highest BCUT2D eigenvalue weighted by atomic mass is 32.1. The van der Waals surface area contributed by atoms with E-state index in [-0.39, 0.29) is 11.7 Å². The van der Waals surface area contributed by atoms with Crippen LogP contribution in [0.15, 0.2) is 84.4 Å². The molecule has 4 heterocycles. The number of imidazole rings is 1. The van der Waals surface area contributed by atoms with E-state index in [9.17, 15) is 9.18 Å². The molecule has 0 atom stereocenters. The predicted octanol–water partition coefficient (Wildman–Crippen LogP) is 5.76. The zero-order chi connectivity index (χ0) is 29.6. The van der Waals surface area contributed by atoms with E-state index < -0.39 is 11.7 Å². The number of halogens is 1. The molecule has 5 aromatic rings. The van der Waals surface area contributed by atoms with E-state index in [1.54, 1.807) is 35.7 Å². The number of amides is 1. The van der Waals surface area contributed by atoms with Crippen LogP contribution in [0.1, 0.15) is 29.5 Å². The molecule has 220 valence electrons. The molecule has 0 saturated carbocycles. The second kappa shape index (κ2) is 12.8. The van der Waals surface area contributed by atoms with Crippen LogP contribution in [-0.2, 0) is 27.2 Å². The van der Waals surface area contributed by atoms with Gasteiger partial charge in [-0.15, -0.1) is 11.3 Å². The van der Waals surface area contributed by atoms with Crippen molar-refractivity contribution in [2.75, 3.05) is 25.1 Å². The molecule has 0 unspecified atom stereocenters. The average molecular weight is 599 g/mol. The fourth-order valence-electron chi connectivity index (χ4n) is 4.73. The highest BCUT2D eigenvalue weighted by Crippen LogP contribution is 2.35. The fraction of sp³-hybridized carbons (Fsp3) is 0.250. The summed E-state index contributed by atoms with van der Waals surface area (Å²) in [6.45, 7) is 3.74. The Morgan fingerprint density at radius 2 is 1.84 bits per heavy atom. The molecule has 0 bridgehead atoms. The van der Waals surface area contributed by atoms with Crippen LogP contribution in [0.25, 0.3) is 22.6 Å². The van der Waals surface area contributed by atoms with Crippen molar-refractivity contribution in [1.29, 1.82) is 0 Å². The summed E-state index contributed by atoms with van der Waals surface area (Å²) in [7, 11) is 0. The molecule has 1 aliphatic rings. The van der Waals surface area contributed by atoms with Gasteiger partial charge in [-0.3, -0.25) is 4.79 Å². The Kier molecular flexibility index (Phi) is 8.55. The molecular weight excluding hydrogens is 567 g/mol. The number of benzene rings is 2. The van der Waals surface area contributed by atoms with Crippen LogP contribution in [0.5, 0.6) is 0 Å². The van der Waals surface area contributed by atoms with E-state index in [1.807, 2.05) is 54.8 Å². The van der Waals surface area contributed by atoms with Gasteiger partial charge in [0.25, 0.3) is 0 Å². The molecule has 0 radical (unpaired) electrons. The van der Waals surface area contributed by atoms with Gasteiger partial charge in [0.15, 0.2) is 5.82 Å². The molecule has 3 N–H and O–H groups in total. The molecule has 9 nitrogen and oxygen atoms in total. The van der Waals surface area contributed by atoms with Crippen LogP contribution < -0.4 is 10.6 Å². The van der Waals surface area contributed by atoms with Crippen molar-refractivity contribution in [2.45, 2.75) is 26.2 Å². The summed E-state index contributed by atoms with van der Waals surface area (Å²) >= 11 is 1.65. The molecule has 0 spiro atoms. The highest BCUT2D eigenvalue weighted by Gasteiger charge is 2.35. The number of carbonyl (C=O) groups is 1. The van der Waals surface area contributed by atoms with E-state index in [0.717, 1.165) is 5.56 Å².